The molecule has 2 heterocycles. The van der Waals surface area contributed by atoms with Gasteiger partial charge in [0.15, 0.2) is 5.78 Å². The molecule has 0 aliphatic rings. The van der Waals surface area contributed by atoms with E-state index in [0.717, 1.165) is 5.39 Å². The van der Waals surface area contributed by atoms with Gasteiger partial charge in [-0.1, -0.05) is 22.9 Å². The van der Waals surface area contributed by atoms with Crippen molar-refractivity contribution in [3.8, 4) is 0 Å². The molecule has 19 heavy (non-hydrogen) atoms. The molecule has 0 aliphatic heterocycles. The summed E-state index contributed by atoms with van der Waals surface area (Å²) in [5.41, 5.74) is 1.91. The topological polar surface area (TPSA) is 60.7 Å². The van der Waals surface area contributed by atoms with E-state index in [1.165, 1.54) is 4.68 Å². The summed E-state index contributed by atoms with van der Waals surface area (Å²) in [4.78, 5) is 15.6. The molecule has 0 unspecified atom stereocenters. The largest absolute Gasteiger partial charge is 0.296 e. The molecule has 7 heteroatoms. The molecule has 1 aromatic carbocycles. The monoisotopic (exact) mass is 294 g/mol. The van der Waals surface area contributed by atoms with Crippen LogP contribution in [-0.4, -0.2) is 31.6 Å². The van der Waals surface area contributed by atoms with Gasteiger partial charge in [-0.2, -0.15) is 0 Å². The van der Waals surface area contributed by atoms with E-state index >= 15 is 0 Å². The molecule has 0 saturated heterocycles. The molecule has 0 atom stereocenters. The normalized spacial score (nSPS) is 11.3. The molecule has 0 amide bonds. The van der Waals surface area contributed by atoms with Crippen LogP contribution in [0.5, 0.6) is 0 Å². The predicted octanol–water partition coefficient (Wildman–Crippen LogP) is 2.44. The molecule has 3 aromatic rings. The number of ketones is 1. The maximum atomic E-state index is 11.4. The lowest BCUT2D eigenvalue weighted by Gasteiger charge is -2.02. The number of halogens is 2. The summed E-state index contributed by atoms with van der Waals surface area (Å²) in [7, 11) is 0. The number of carbonyl (C=O) groups excluding carboxylic acids is 1. The van der Waals surface area contributed by atoms with E-state index in [2.05, 4.69) is 15.3 Å². The van der Waals surface area contributed by atoms with Crippen LogP contribution in [0.25, 0.3) is 21.9 Å². The molecule has 0 saturated carbocycles. The Bertz CT molecular complexity index is 784. The number of hydrogen-bond acceptors (Lipinski definition) is 4. The second-order valence-corrected chi connectivity index (χ2v) is 4.70. The summed E-state index contributed by atoms with van der Waals surface area (Å²) < 4.78 is 1.50. The van der Waals surface area contributed by atoms with Crippen LogP contribution in [0, 0.1) is 0 Å². The average Bonchev–Trinajstić information content (AvgIpc) is 2.82. The standard InChI is InChI=1S/C12H8Cl2N4O/c13-5-8(19)6-18-9-4-7-2-1-3-15-11(7)10(14)12(9)16-17-18/h1-4H,5-6H2. The first-order chi connectivity index (χ1) is 9.20. The van der Waals surface area contributed by atoms with Gasteiger partial charge in [0.2, 0.25) is 0 Å². The Labute approximate surface area is 118 Å². The number of fused-ring (bicyclic) bond motifs is 2. The van der Waals surface area contributed by atoms with Gasteiger partial charge >= 0.3 is 0 Å². The minimum Gasteiger partial charge on any atom is -0.296 e. The molecule has 5 nitrogen and oxygen atoms in total. The molecule has 0 spiro atoms. The zero-order valence-electron chi connectivity index (χ0n) is 9.68. The maximum Gasteiger partial charge on any atom is 0.169 e. The summed E-state index contributed by atoms with van der Waals surface area (Å²) in [6.07, 6.45) is 1.67. The van der Waals surface area contributed by atoms with Gasteiger partial charge in [0.1, 0.15) is 12.1 Å². The van der Waals surface area contributed by atoms with Crippen LogP contribution in [0.4, 0.5) is 0 Å². The van der Waals surface area contributed by atoms with Gasteiger partial charge in [0.25, 0.3) is 0 Å². The fraction of sp³-hybridized carbons (Fsp3) is 0.167. The second kappa shape index (κ2) is 4.75. The fourth-order valence-corrected chi connectivity index (χ4v) is 2.30. The third-order valence-electron chi connectivity index (χ3n) is 2.80. The average molecular weight is 295 g/mol. The highest BCUT2D eigenvalue weighted by molar-refractivity contribution is 6.39. The minimum atomic E-state index is -0.129. The zero-order valence-corrected chi connectivity index (χ0v) is 11.2. The second-order valence-electron chi connectivity index (χ2n) is 4.05. The molecule has 2 aromatic heterocycles. The molecular weight excluding hydrogens is 287 g/mol. The number of nitrogens with zero attached hydrogens (tertiary/aromatic N) is 4. The lowest BCUT2D eigenvalue weighted by molar-refractivity contribution is -0.117. The number of carbonyl (C=O) groups is 1. The summed E-state index contributed by atoms with van der Waals surface area (Å²) in [6, 6.07) is 5.59. The van der Waals surface area contributed by atoms with Crippen LogP contribution in [0.15, 0.2) is 24.4 Å². The van der Waals surface area contributed by atoms with Crippen molar-refractivity contribution in [2.45, 2.75) is 6.54 Å². The van der Waals surface area contributed by atoms with Crippen molar-refractivity contribution in [1.29, 1.82) is 0 Å². The lowest BCUT2D eigenvalue weighted by Crippen LogP contribution is -2.12. The van der Waals surface area contributed by atoms with Crippen LogP contribution >= 0.6 is 23.2 Å². The molecule has 0 fully saturated rings. The summed E-state index contributed by atoms with van der Waals surface area (Å²) in [5, 5.41) is 9.26. The predicted molar refractivity (Wildman–Crippen MR) is 73.6 cm³/mol. The number of benzene rings is 1. The first-order valence-electron chi connectivity index (χ1n) is 5.55. The first kappa shape index (κ1) is 12.3. The van der Waals surface area contributed by atoms with E-state index in [1.54, 1.807) is 6.20 Å². The Balaban J connectivity index is 2.25. The molecule has 0 aliphatic carbocycles. The maximum absolute atomic E-state index is 11.4. The van der Waals surface area contributed by atoms with Crippen molar-refractivity contribution in [2.75, 3.05) is 5.88 Å². The van der Waals surface area contributed by atoms with E-state index < -0.39 is 0 Å². The van der Waals surface area contributed by atoms with Crippen LogP contribution in [0.3, 0.4) is 0 Å². The van der Waals surface area contributed by atoms with Crippen molar-refractivity contribution in [3.05, 3.63) is 29.4 Å². The Morgan fingerprint density at radius 1 is 1.37 bits per heavy atom. The van der Waals surface area contributed by atoms with E-state index in [1.807, 2.05) is 18.2 Å². The first-order valence-corrected chi connectivity index (χ1v) is 6.46. The Kier molecular flexibility index (Phi) is 3.08. The van der Waals surface area contributed by atoms with Crippen LogP contribution < -0.4 is 0 Å². The van der Waals surface area contributed by atoms with E-state index in [-0.39, 0.29) is 18.2 Å². The number of hydrogen-bond donors (Lipinski definition) is 0. The Hall–Kier alpha value is -1.72. The fourth-order valence-electron chi connectivity index (χ4n) is 1.92. The number of rotatable bonds is 3. The molecular formula is C12H8Cl2N4O. The van der Waals surface area contributed by atoms with Crippen molar-refractivity contribution in [1.82, 2.24) is 20.0 Å². The van der Waals surface area contributed by atoms with Gasteiger partial charge in [-0.3, -0.25) is 9.78 Å². The number of aromatic nitrogens is 4. The van der Waals surface area contributed by atoms with Gasteiger partial charge in [-0.25, -0.2) is 4.68 Å². The Morgan fingerprint density at radius 3 is 3.00 bits per heavy atom. The summed E-state index contributed by atoms with van der Waals surface area (Å²) in [6.45, 7) is 0.0854. The van der Waals surface area contributed by atoms with Gasteiger partial charge in [-0.15, -0.1) is 16.7 Å². The highest BCUT2D eigenvalue weighted by Crippen LogP contribution is 2.29. The number of alkyl halides is 1. The van der Waals surface area contributed by atoms with Gasteiger partial charge < -0.3 is 0 Å². The third-order valence-corrected chi connectivity index (χ3v) is 3.45. The van der Waals surface area contributed by atoms with Crippen LogP contribution in [0.1, 0.15) is 0 Å². The van der Waals surface area contributed by atoms with E-state index in [9.17, 15) is 4.79 Å². The lowest BCUT2D eigenvalue weighted by atomic mass is 10.2. The van der Waals surface area contributed by atoms with E-state index in [4.69, 9.17) is 23.2 Å². The number of pyridine rings is 1. The SMILES string of the molecule is O=C(CCl)Cn1nnc2c(Cl)c3ncccc3cc21. The molecule has 3 rings (SSSR count). The number of Topliss-reactive ketones (excluding diaryl/α,β-unsaturated/α-hetero) is 1. The molecule has 0 N–H and O–H groups in total. The highest BCUT2D eigenvalue weighted by Gasteiger charge is 2.14. The van der Waals surface area contributed by atoms with Gasteiger partial charge in [0.05, 0.1) is 21.9 Å². The van der Waals surface area contributed by atoms with E-state index in [0.29, 0.717) is 21.6 Å². The Morgan fingerprint density at radius 2 is 2.21 bits per heavy atom. The van der Waals surface area contributed by atoms with Crippen molar-refractivity contribution in [3.63, 3.8) is 0 Å². The summed E-state index contributed by atoms with van der Waals surface area (Å²) in [5.74, 6) is -0.180. The summed E-state index contributed by atoms with van der Waals surface area (Å²) >= 11 is 11.8. The van der Waals surface area contributed by atoms with Gasteiger partial charge in [-0.05, 0) is 12.1 Å². The van der Waals surface area contributed by atoms with Crippen LogP contribution in [-0.2, 0) is 11.3 Å². The smallest absolute Gasteiger partial charge is 0.169 e. The highest BCUT2D eigenvalue weighted by atomic mass is 35.5. The van der Waals surface area contributed by atoms with Crippen molar-refractivity contribution in [2.24, 2.45) is 0 Å². The van der Waals surface area contributed by atoms with Crippen molar-refractivity contribution >= 4 is 50.9 Å². The van der Waals surface area contributed by atoms with Crippen molar-refractivity contribution < 1.29 is 4.79 Å². The minimum absolute atomic E-state index is 0.0514. The molecule has 0 radical (unpaired) electrons. The quantitative estimate of drug-likeness (QED) is 0.696. The molecule has 0 bridgehead atoms. The van der Waals surface area contributed by atoms with Gasteiger partial charge in [0, 0.05) is 11.6 Å². The zero-order chi connectivity index (χ0) is 13.4. The molecule has 96 valence electrons. The third kappa shape index (κ3) is 2.05. The van der Waals surface area contributed by atoms with Crippen LogP contribution in [0.2, 0.25) is 5.02 Å².